The largest absolute Gasteiger partial charge is 0.457 e. The molecule has 0 spiro atoms. The maximum absolute atomic E-state index is 5.76. The summed E-state index contributed by atoms with van der Waals surface area (Å²) in [5.41, 5.74) is 0.860. The van der Waals surface area contributed by atoms with Gasteiger partial charge in [0.15, 0.2) is 11.4 Å². The summed E-state index contributed by atoms with van der Waals surface area (Å²) in [6, 6.07) is 2.03. The van der Waals surface area contributed by atoms with Crippen LogP contribution in [0.25, 0.3) is 11.0 Å². The summed E-state index contributed by atoms with van der Waals surface area (Å²) in [4.78, 5) is 6.68. The van der Waals surface area contributed by atoms with Crippen LogP contribution >= 0.6 is 15.9 Å². The van der Waals surface area contributed by atoms with Gasteiger partial charge in [-0.2, -0.15) is 0 Å². The Hall–Kier alpha value is -1.07. The minimum Gasteiger partial charge on any atom is -0.457 e. The van der Waals surface area contributed by atoms with Crippen LogP contribution in [-0.2, 0) is 4.74 Å². The number of morpholine rings is 1. The fraction of sp³-hybridized carbons (Fsp3) is 0.417. The Labute approximate surface area is 108 Å². The molecular weight excluding hydrogens is 284 g/mol. The van der Waals surface area contributed by atoms with E-state index in [4.69, 9.17) is 9.15 Å². The number of pyridine rings is 1. The molecule has 2 aromatic rings. The van der Waals surface area contributed by atoms with E-state index in [0.29, 0.717) is 0 Å². The van der Waals surface area contributed by atoms with E-state index >= 15 is 0 Å². The molecule has 0 aromatic carbocycles. The number of rotatable bonds is 1. The molecule has 5 heteroatoms. The van der Waals surface area contributed by atoms with Crippen LogP contribution in [0, 0.1) is 6.92 Å². The van der Waals surface area contributed by atoms with E-state index in [2.05, 4.69) is 25.8 Å². The summed E-state index contributed by atoms with van der Waals surface area (Å²) in [6.07, 6.45) is 1.84. The maximum Gasteiger partial charge on any atom is 0.177 e. The van der Waals surface area contributed by atoms with Crippen LogP contribution in [0.3, 0.4) is 0 Å². The maximum atomic E-state index is 5.76. The van der Waals surface area contributed by atoms with Crippen molar-refractivity contribution in [2.45, 2.75) is 6.92 Å². The number of aromatic nitrogens is 1. The first-order valence-corrected chi connectivity index (χ1v) is 6.42. The minimum absolute atomic E-state index is 0.749. The van der Waals surface area contributed by atoms with Gasteiger partial charge in [-0.05, 0) is 28.9 Å². The molecule has 0 aliphatic carbocycles. The first kappa shape index (κ1) is 11.0. The number of hydrogen-bond acceptors (Lipinski definition) is 4. The molecule has 17 heavy (non-hydrogen) atoms. The van der Waals surface area contributed by atoms with Crippen molar-refractivity contribution >= 4 is 32.7 Å². The molecule has 1 saturated heterocycles. The standard InChI is InChI=1S/C12H13BrN2O2/c1-8-6-9-10(13)7-14-12(11(9)17-8)15-2-4-16-5-3-15/h6-7H,2-5H2,1H3. The van der Waals surface area contributed by atoms with Crippen LogP contribution < -0.4 is 4.90 Å². The highest BCUT2D eigenvalue weighted by Crippen LogP contribution is 2.32. The van der Waals surface area contributed by atoms with E-state index in [0.717, 1.165) is 53.3 Å². The van der Waals surface area contributed by atoms with Crippen molar-refractivity contribution in [3.8, 4) is 0 Å². The summed E-state index contributed by atoms with van der Waals surface area (Å²) in [5.74, 6) is 1.82. The van der Waals surface area contributed by atoms with Crippen molar-refractivity contribution < 1.29 is 9.15 Å². The zero-order valence-corrected chi connectivity index (χ0v) is 11.2. The molecule has 0 atom stereocenters. The highest BCUT2D eigenvalue weighted by Gasteiger charge is 2.18. The molecule has 0 saturated carbocycles. The number of aryl methyl sites for hydroxylation is 1. The van der Waals surface area contributed by atoms with Crippen molar-refractivity contribution in [1.29, 1.82) is 0 Å². The normalized spacial score (nSPS) is 16.7. The van der Waals surface area contributed by atoms with E-state index < -0.39 is 0 Å². The minimum atomic E-state index is 0.749. The smallest absolute Gasteiger partial charge is 0.177 e. The van der Waals surface area contributed by atoms with E-state index in [1.165, 1.54) is 0 Å². The molecule has 1 fully saturated rings. The van der Waals surface area contributed by atoms with Gasteiger partial charge in [0.25, 0.3) is 0 Å². The zero-order valence-electron chi connectivity index (χ0n) is 9.57. The summed E-state index contributed by atoms with van der Waals surface area (Å²) >= 11 is 3.50. The van der Waals surface area contributed by atoms with Crippen molar-refractivity contribution in [2.24, 2.45) is 0 Å². The number of anilines is 1. The van der Waals surface area contributed by atoms with Crippen LogP contribution in [-0.4, -0.2) is 31.3 Å². The quantitative estimate of drug-likeness (QED) is 0.811. The Morgan fingerprint density at radius 1 is 1.35 bits per heavy atom. The van der Waals surface area contributed by atoms with Gasteiger partial charge in [-0.15, -0.1) is 0 Å². The van der Waals surface area contributed by atoms with Crippen molar-refractivity contribution in [2.75, 3.05) is 31.2 Å². The van der Waals surface area contributed by atoms with E-state index in [1.807, 2.05) is 19.2 Å². The first-order chi connectivity index (χ1) is 8.25. The molecule has 0 N–H and O–H groups in total. The van der Waals surface area contributed by atoms with Crippen LogP contribution in [0.15, 0.2) is 21.2 Å². The third-order valence-corrected chi connectivity index (χ3v) is 3.56. The van der Waals surface area contributed by atoms with Crippen molar-refractivity contribution in [3.63, 3.8) is 0 Å². The molecule has 90 valence electrons. The van der Waals surface area contributed by atoms with Gasteiger partial charge in [0, 0.05) is 29.1 Å². The van der Waals surface area contributed by atoms with Crippen LogP contribution in [0.4, 0.5) is 5.82 Å². The lowest BCUT2D eigenvalue weighted by Crippen LogP contribution is -2.36. The predicted octanol–water partition coefficient (Wildman–Crippen LogP) is 2.74. The highest BCUT2D eigenvalue weighted by atomic mass is 79.9. The van der Waals surface area contributed by atoms with Crippen LogP contribution in [0.1, 0.15) is 5.76 Å². The summed E-state index contributed by atoms with van der Waals surface area (Å²) < 4.78 is 12.1. The number of ether oxygens (including phenoxy) is 1. The summed E-state index contributed by atoms with van der Waals surface area (Å²) in [7, 11) is 0. The van der Waals surface area contributed by atoms with Gasteiger partial charge in [-0.1, -0.05) is 0 Å². The number of nitrogens with zero attached hydrogens (tertiary/aromatic N) is 2. The lowest BCUT2D eigenvalue weighted by Gasteiger charge is -2.27. The molecular formula is C12H13BrN2O2. The van der Waals surface area contributed by atoms with Crippen molar-refractivity contribution in [3.05, 3.63) is 22.5 Å². The first-order valence-electron chi connectivity index (χ1n) is 5.63. The summed E-state index contributed by atoms with van der Waals surface area (Å²) in [6.45, 7) is 5.18. The molecule has 4 nitrogen and oxygen atoms in total. The number of halogens is 1. The fourth-order valence-electron chi connectivity index (χ4n) is 2.10. The molecule has 1 aliphatic rings. The van der Waals surface area contributed by atoms with Gasteiger partial charge in [0.1, 0.15) is 5.76 Å². The van der Waals surface area contributed by atoms with Crippen molar-refractivity contribution in [1.82, 2.24) is 4.98 Å². The Morgan fingerprint density at radius 2 is 2.12 bits per heavy atom. The van der Waals surface area contributed by atoms with E-state index in [1.54, 1.807) is 0 Å². The monoisotopic (exact) mass is 296 g/mol. The van der Waals surface area contributed by atoms with Gasteiger partial charge in [-0.3, -0.25) is 0 Å². The molecule has 3 heterocycles. The lowest BCUT2D eigenvalue weighted by atomic mass is 10.3. The predicted molar refractivity (Wildman–Crippen MR) is 69.5 cm³/mol. The fourth-order valence-corrected chi connectivity index (χ4v) is 2.50. The van der Waals surface area contributed by atoms with Gasteiger partial charge in [0.2, 0.25) is 0 Å². The molecule has 0 radical (unpaired) electrons. The molecule has 2 aromatic heterocycles. The van der Waals surface area contributed by atoms with Gasteiger partial charge >= 0.3 is 0 Å². The average Bonchev–Trinajstić information content (AvgIpc) is 2.73. The second-order valence-electron chi connectivity index (χ2n) is 4.13. The lowest BCUT2D eigenvalue weighted by molar-refractivity contribution is 0.122. The Morgan fingerprint density at radius 3 is 2.88 bits per heavy atom. The molecule has 3 rings (SSSR count). The third-order valence-electron chi connectivity index (χ3n) is 2.93. The van der Waals surface area contributed by atoms with Gasteiger partial charge < -0.3 is 14.1 Å². The van der Waals surface area contributed by atoms with Gasteiger partial charge in [-0.25, -0.2) is 4.98 Å². The van der Waals surface area contributed by atoms with E-state index in [-0.39, 0.29) is 0 Å². The Kier molecular flexibility index (Phi) is 2.80. The molecule has 0 unspecified atom stereocenters. The number of furan rings is 1. The van der Waals surface area contributed by atoms with Gasteiger partial charge in [0.05, 0.1) is 13.2 Å². The second kappa shape index (κ2) is 4.31. The Balaban J connectivity index is 2.12. The number of fused-ring (bicyclic) bond motifs is 1. The zero-order chi connectivity index (χ0) is 11.8. The topological polar surface area (TPSA) is 38.5 Å². The average molecular weight is 297 g/mol. The van der Waals surface area contributed by atoms with Crippen LogP contribution in [0.2, 0.25) is 0 Å². The Bertz CT molecular complexity index is 547. The molecule has 0 amide bonds. The van der Waals surface area contributed by atoms with Crippen LogP contribution in [0.5, 0.6) is 0 Å². The second-order valence-corrected chi connectivity index (χ2v) is 4.98. The van der Waals surface area contributed by atoms with E-state index in [9.17, 15) is 0 Å². The molecule has 0 bridgehead atoms. The highest BCUT2D eigenvalue weighted by molar-refractivity contribution is 9.10. The SMILES string of the molecule is Cc1cc2c(Br)cnc(N3CCOCC3)c2o1. The summed E-state index contributed by atoms with van der Waals surface area (Å²) in [5, 5.41) is 1.08. The molecule has 1 aliphatic heterocycles. The third kappa shape index (κ3) is 1.93. The number of hydrogen-bond donors (Lipinski definition) is 0.